The summed E-state index contributed by atoms with van der Waals surface area (Å²) < 4.78 is 5.72. The fourth-order valence-electron chi connectivity index (χ4n) is 1.72. The molecule has 1 saturated carbocycles. The highest BCUT2D eigenvalue weighted by Gasteiger charge is 2.42. The second-order valence-electron chi connectivity index (χ2n) is 4.58. The lowest BCUT2D eigenvalue weighted by atomic mass is 10.1. The molecule has 1 fully saturated rings. The van der Waals surface area contributed by atoms with E-state index in [0.29, 0.717) is 0 Å². The van der Waals surface area contributed by atoms with Crippen molar-refractivity contribution in [2.45, 2.75) is 36.3 Å². The lowest BCUT2D eigenvalue weighted by molar-refractivity contribution is 0.404. The molecule has 0 heterocycles. The lowest BCUT2D eigenvalue weighted by Crippen LogP contribution is -2.17. The Morgan fingerprint density at radius 3 is 2.44 bits per heavy atom. The first-order valence-corrected chi connectivity index (χ1v) is 6.46. The number of ether oxygens (including phenoxy) is 1. The van der Waals surface area contributed by atoms with Gasteiger partial charge in [0.25, 0.3) is 0 Å². The average molecular weight is 237 g/mol. The van der Waals surface area contributed by atoms with Gasteiger partial charge in [-0.15, -0.1) is 11.8 Å². The van der Waals surface area contributed by atoms with Gasteiger partial charge in [0.05, 0.1) is 12.0 Å². The van der Waals surface area contributed by atoms with Gasteiger partial charge in [0.1, 0.15) is 5.75 Å². The third-order valence-corrected chi connectivity index (χ3v) is 4.83. The normalized spacial score (nSPS) is 17.2. The van der Waals surface area contributed by atoms with E-state index in [9.17, 15) is 0 Å². The van der Waals surface area contributed by atoms with Crippen molar-refractivity contribution in [2.75, 3.05) is 13.7 Å². The maximum absolute atomic E-state index is 5.81. The van der Waals surface area contributed by atoms with Gasteiger partial charge < -0.3 is 10.5 Å². The molecule has 0 amide bonds. The Bertz CT molecular complexity index is 399. The summed E-state index contributed by atoms with van der Waals surface area (Å²) >= 11 is 1.88. The molecule has 1 aliphatic carbocycles. The van der Waals surface area contributed by atoms with E-state index in [1.165, 1.54) is 28.9 Å². The number of thioether (sulfide) groups is 1. The Labute approximate surface area is 102 Å². The van der Waals surface area contributed by atoms with Gasteiger partial charge in [0, 0.05) is 11.3 Å². The Kier molecular flexibility index (Phi) is 3.17. The first kappa shape index (κ1) is 11.8. The summed E-state index contributed by atoms with van der Waals surface area (Å²) in [5, 5.41) is 0. The minimum atomic E-state index is 0.287. The molecule has 0 saturated heterocycles. The van der Waals surface area contributed by atoms with Crippen molar-refractivity contribution in [1.82, 2.24) is 0 Å². The maximum atomic E-state index is 5.81. The van der Waals surface area contributed by atoms with Gasteiger partial charge in [-0.2, -0.15) is 0 Å². The van der Waals surface area contributed by atoms with Gasteiger partial charge in [-0.25, -0.2) is 0 Å². The summed E-state index contributed by atoms with van der Waals surface area (Å²) in [5.41, 5.74) is 8.41. The lowest BCUT2D eigenvalue weighted by Gasteiger charge is -2.16. The van der Waals surface area contributed by atoms with Crippen molar-refractivity contribution in [3.05, 3.63) is 23.3 Å². The molecule has 0 radical (unpaired) electrons. The van der Waals surface area contributed by atoms with E-state index >= 15 is 0 Å². The number of hydrogen-bond donors (Lipinski definition) is 1. The molecule has 1 aromatic carbocycles. The third kappa shape index (κ3) is 2.20. The summed E-state index contributed by atoms with van der Waals surface area (Å²) in [6, 6.07) is 4.33. The summed E-state index contributed by atoms with van der Waals surface area (Å²) in [6.07, 6.45) is 2.45. The molecule has 0 atom stereocenters. The van der Waals surface area contributed by atoms with Crippen LogP contribution in [-0.2, 0) is 0 Å². The van der Waals surface area contributed by atoms with Crippen LogP contribution in [0.25, 0.3) is 0 Å². The highest BCUT2D eigenvalue weighted by molar-refractivity contribution is 8.01. The Morgan fingerprint density at radius 2 is 1.94 bits per heavy atom. The second kappa shape index (κ2) is 4.30. The van der Waals surface area contributed by atoms with Gasteiger partial charge in [-0.05, 0) is 49.9 Å². The van der Waals surface area contributed by atoms with Crippen LogP contribution in [0.1, 0.15) is 24.0 Å². The Balaban J connectivity index is 2.28. The highest BCUT2D eigenvalue weighted by Crippen LogP contribution is 2.53. The molecule has 0 aromatic heterocycles. The van der Waals surface area contributed by atoms with Crippen molar-refractivity contribution in [1.29, 1.82) is 0 Å². The van der Waals surface area contributed by atoms with Gasteiger partial charge >= 0.3 is 0 Å². The Morgan fingerprint density at radius 1 is 1.31 bits per heavy atom. The molecule has 0 aliphatic heterocycles. The fraction of sp³-hybridized carbons (Fsp3) is 0.538. The number of benzene rings is 1. The number of methoxy groups -OCH3 is 1. The van der Waals surface area contributed by atoms with E-state index in [2.05, 4.69) is 26.0 Å². The summed E-state index contributed by atoms with van der Waals surface area (Å²) in [6.45, 7) is 5.01. The molecule has 2 rings (SSSR count). The molecule has 16 heavy (non-hydrogen) atoms. The molecule has 3 heteroatoms. The van der Waals surface area contributed by atoms with Crippen molar-refractivity contribution in [3.63, 3.8) is 0 Å². The number of hydrogen-bond acceptors (Lipinski definition) is 3. The van der Waals surface area contributed by atoms with Gasteiger partial charge in [-0.3, -0.25) is 0 Å². The highest BCUT2D eigenvalue weighted by atomic mass is 32.2. The zero-order valence-electron chi connectivity index (χ0n) is 10.2. The van der Waals surface area contributed by atoms with Crippen molar-refractivity contribution >= 4 is 11.8 Å². The molecule has 88 valence electrons. The van der Waals surface area contributed by atoms with Crippen molar-refractivity contribution < 1.29 is 4.74 Å². The third-order valence-electron chi connectivity index (χ3n) is 3.29. The molecule has 1 aliphatic rings. The number of aryl methyl sites for hydroxylation is 2. The summed E-state index contributed by atoms with van der Waals surface area (Å²) in [4.78, 5) is 1.23. The van der Waals surface area contributed by atoms with E-state index in [-0.39, 0.29) is 4.75 Å². The van der Waals surface area contributed by atoms with Gasteiger partial charge in [-0.1, -0.05) is 0 Å². The van der Waals surface area contributed by atoms with E-state index in [1.807, 2.05) is 11.8 Å². The molecule has 0 bridgehead atoms. The van der Waals surface area contributed by atoms with Crippen LogP contribution in [0, 0.1) is 13.8 Å². The number of nitrogens with two attached hydrogens (primary N) is 1. The van der Waals surface area contributed by atoms with Crippen LogP contribution in [0.4, 0.5) is 0 Å². The molecular formula is C13H19NOS. The van der Waals surface area contributed by atoms with E-state index in [0.717, 1.165) is 12.3 Å². The zero-order chi connectivity index (χ0) is 11.8. The standard InChI is InChI=1S/C13H19NOS/c1-9-6-11(15-3)12(7-10(9)2)16-13(8-14)4-5-13/h6-7H,4-5,8,14H2,1-3H3. The predicted molar refractivity (Wildman–Crippen MR) is 69.3 cm³/mol. The first-order chi connectivity index (χ1) is 7.60. The van der Waals surface area contributed by atoms with Crippen molar-refractivity contribution in [2.24, 2.45) is 5.73 Å². The van der Waals surface area contributed by atoms with Crippen molar-refractivity contribution in [3.8, 4) is 5.75 Å². The topological polar surface area (TPSA) is 35.2 Å². The van der Waals surface area contributed by atoms with Crippen LogP contribution in [0.2, 0.25) is 0 Å². The SMILES string of the molecule is COc1cc(C)c(C)cc1SC1(CN)CC1. The van der Waals surface area contributed by atoms with E-state index in [1.54, 1.807) is 7.11 Å². The molecule has 0 spiro atoms. The van der Waals surface area contributed by atoms with Crippen LogP contribution in [0.15, 0.2) is 17.0 Å². The Hall–Kier alpha value is -0.670. The van der Waals surface area contributed by atoms with Crippen LogP contribution in [-0.4, -0.2) is 18.4 Å². The largest absolute Gasteiger partial charge is 0.496 e. The maximum Gasteiger partial charge on any atom is 0.132 e. The quantitative estimate of drug-likeness (QED) is 0.874. The number of rotatable bonds is 4. The minimum absolute atomic E-state index is 0.287. The predicted octanol–water partition coefficient (Wildman–Crippen LogP) is 2.90. The fourth-order valence-corrected chi connectivity index (χ4v) is 3.06. The zero-order valence-corrected chi connectivity index (χ0v) is 11.0. The van der Waals surface area contributed by atoms with Gasteiger partial charge in [0.15, 0.2) is 0 Å². The minimum Gasteiger partial charge on any atom is -0.496 e. The van der Waals surface area contributed by atoms with Crippen LogP contribution in [0.3, 0.4) is 0 Å². The molecule has 2 nitrogen and oxygen atoms in total. The van der Waals surface area contributed by atoms with E-state index in [4.69, 9.17) is 10.5 Å². The van der Waals surface area contributed by atoms with Gasteiger partial charge in [0.2, 0.25) is 0 Å². The summed E-state index contributed by atoms with van der Waals surface area (Å²) in [5.74, 6) is 0.979. The second-order valence-corrected chi connectivity index (χ2v) is 6.09. The molecular weight excluding hydrogens is 218 g/mol. The first-order valence-electron chi connectivity index (χ1n) is 5.64. The van der Waals surface area contributed by atoms with E-state index < -0.39 is 0 Å². The molecule has 1 aromatic rings. The monoisotopic (exact) mass is 237 g/mol. The van der Waals surface area contributed by atoms with Crippen LogP contribution >= 0.6 is 11.8 Å². The average Bonchev–Trinajstić information content (AvgIpc) is 3.04. The summed E-state index contributed by atoms with van der Waals surface area (Å²) in [7, 11) is 1.73. The molecule has 2 N–H and O–H groups in total. The van der Waals surface area contributed by atoms with Crippen LogP contribution < -0.4 is 10.5 Å². The van der Waals surface area contributed by atoms with Crippen LogP contribution in [0.5, 0.6) is 5.75 Å². The smallest absolute Gasteiger partial charge is 0.132 e. The molecule has 0 unspecified atom stereocenters.